The van der Waals surface area contributed by atoms with Gasteiger partial charge in [-0.15, -0.1) is 11.8 Å². The number of fused-ring (bicyclic) bond motifs is 1. The molecule has 2 aliphatic heterocycles. The van der Waals surface area contributed by atoms with Gasteiger partial charge >= 0.3 is 0 Å². The largest absolute Gasteiger partial charge is 0.345 e. The Morgan fingerprint density at radius 3 is 2.52 bits per heavy atom. The molecule has 0 atom stereocenters. The molecule has 0 unspecified atom stereocenters. The number of imide groups is 1. The van der Waals surface area contributed by atoms with Gasteiger partial charge in [0.15, 0.2) is 5.13 Å². The Morgan fingerprint density at radius 2 is 1.85 bits per heavy atom. The highest BCUT2D eigenvalue weighted by molar-refractivity contribution is 7.98. The van der Waals surface area contributed by atoms with Crippen LogP contribution in [0, 0.1) is 0 Å². The molecule has 27 heavy (non-hydrogen) atoms. The lowest BCUT2D eigenvalue weighted by Gasteiger charge is -2.35. The molecule has 2 aliphatic rings. The minimum absolute atomic E-state index is 0.129. The highest BCUT2D eigenvalue weighted by Crippen LogP contribution is 2.32. The van der Waals surface area contributed by atoms with Crippen molar-refractivity contribution < 1.29 is 14.4 Å². The van der Waals surface area contributed by atoms with E-state index in [0.29, 0.717) is 26.2 Å². The van der Waals surface area contributed by atoms with E-state index in [4.69, 9.17) is 4.98 Å². The van der Waals surface area contributed by atoms with Crippen LogP contribution in [0.2, 0.25) is 0 Å². The molecule has 9 heteroatoms. The zero-order chi connectivity index (χ0) is 19.0. The van der Waals surface area contributed by atoms with Crippen molar-refractivity contribution in [3.8, 4) is 0 Å². The number of carbonyl (C=O) groups is 3. The van der Waals surface area contributed by atoms with Crippen molar-refractivity contribution >= 4 is 56.2 Å². The number of likely N-dealkylation sites (tertiary alicyclic amines) is 1. The van der Waals surface area contributed by atoms with Gasteiger partial charge in [0.25, 0.3) is 0 Å². The zero-order valence-corrected chi connectivity index (χ0v) is 16.6. The van der Waals surface area contributed by atoms with Crippen LogP contribution in [-0.2, 0) is 14.4 Å². The lowest BCUT2D eigenvalue weighted by atomic mass is 10.3. The van der Waals surface area contributed by atoms with E-state index < -0.39 is 0 Å². The van der Waals surface area contributed by atoms with Gasteiger partial charge in [-0.2, -0.15) is 0 Å². The number of hydrogen-bond donors (Lipinski definition) is 0. The van der Waals surface area contributed by atoms with Gasteiger partial charge in [0.1, 0.15) is 6.54 Å². The second-order valence-corrected chi connectivity index (χ2v) is 8.46. The summed E-state index contributed by atoms with van der Waals surface area (Å²) in [4.78, 5) is 46.8. The number of benzene rings is 1. The fourth-order valence-corrected chi connectivity index (χ4v) is 4.91. The van der Waals surface area contributed by atoms with Crippen LogP contribution in [0.1, 0.15) is 12.8 Å². The first-order valence-corrected chi connectivity index (χ1v) is 10.9. The molecule has 3 amide bonds. The Hall–Kier alpha value is -2.13. The highest BCUT2D eigenvalue weighted by atomic mass is 32.2. The summed E-state index contributed by atoms with van der Waals surface area (Å²) in [6.07, 6.45) is 2.49. The summed E-state index contributed by atoms with van der Waals surface area (Å²) in [5.41, 5.74) is 0.998. The number of thioether (sulfide) groups is 1. The standard InChI is InChI=1S/C18H20N4O3S2/c1-26-12-2-3-13-14(10-12)27-18(19-13)21-8-6-20(7-9-21)17(25)11-22-15(23)4-5-16(22)24/h2-3,10H,4-9,11H2,1H3. The van der Waals surface area contributed by atoms with Crippen LogP contribution in [0.15, 0.2) is 23.1 Å². The molecule has 1 aromatic carbocycles. The topological polar surface area (TPSA) is 73.8 Å². The summed E-state index contributed by atoms with van der Waals surface area (Å²) >= 11 is 3.38. The van der Waals surface area contributed by atoms with E-state index in [1.165, 1.54) is 9.60 Å². The zero-order valence-electron chi connectivity index (χ0n) is 15.0. The minimum atomic E-state index is -0.244. The minimum Gasteiger partial charge on any atom is -0.345 e. The molecule has 0 aliphatic carbocycles. The van der Waals surface area contributed by atoms with Gasteiger partial charge in [0.2, 0.25) is 17.7 Å². The number of amides is 3. The lowest BCUT2D eigenvalue weighted by molar-refractivity contribution is -0.145. The van der Waals surface area contributed by atoms with Crippen LogP contribution >= 0.6 is 23.1 Å². The predicted molar refractivity (Wildman–Crippen MR) is 106 cm³/mol. The molecule has 0 N–H and O–H groups in total. The highest BCUT2D eigenvalue weighted by Gasteiger charge is 2.32. The van der Waals surface area contributed by atoms with Gasteiger partial charge in [-0.25, -0.2) is 4.98 Å². The van der Waals surface area contributed by atoms with E-state index in [-0.39, 0.29) is 37.1 Å². The van der Waals surface area contributed by atoms with Crippen LogP contribution in [0.25, 0.3) is 10.2 Å². The first-order valence-electron chi connectivity index (χ1n) is 8.85. The number of hydrogen-bond acceptors (Lipinski definition) is 7. The van der Waals surface area contributed by atoms with Crippen molar-refractivity contribution in [3.05, 3.63) is 18.2 Å². The molecule has 0 bridgehead atoms. The van der Waals surface area contributed by atoms with Gasteiger partial charge < -0.3 is 9.80 Å². The van der Waals surface area contributed by atoms with E-state index in [1.54, 1.807) is 28.0 Å². The van der Waals surface area contributed by atoms with Gasteiger partial charge in [-0.3, -0.25) is 19.3 Å². The van der Waals surface area contributed by atoms with Crippen LogP contribution in [-0.4, -0.2) is 71.5 Å². The Labute approximate surface area is 165 Å². The summed E-state index contributed by atoms with van der Waals surface area (Å²) in [5, 5.41) is 0.972. The maximum Gasteiger partial charge on any atom is 0.242 e. The molecule has 1 aromatic heterocycles. The molecule has 3 heterocycles. The Kier molecular flexibility index (Phi) is 5.05. The van der Waals surface area contributed by atoms with E-state index in [1.807, 2.05) is 6.07 Å². The van der Waals surface area contributed by atoms with Crippen molar-refractivity contribution in [3.63, 3.8) is 0 Å². The molecule has 2 aromatic rings. The van der Waals surface area contributed by atoms with E-state index in [0.717, 1.165) is 15.5 Å². The summed E-state index contributed by atoms with van der Waals surface area (Å²) < 4.78 is 1.17. The maximum atomic E-state index is 12.4. The lowest BCUT2D eigenvalue weighted by Crippen LogP contribution is -2.51. The molecule has 0 radical (unpaired) electrons. The molecule has 4 rings (SSSR count). The quantitative estimate of drug-likeness (QED) is 0.572. The van der Waals surface area contributed by atoms with Crippen molar-refractivity contribution in [1.82, 2.24) is 14.8 Å². The van der Waals surface area contributed by atoms with Gasteiger partial charge in [0.05, 0.1) is 10.2 Å². The molecule has 2 saturated heterocycles. The Morgan fingerprint density at radius 1 is 1.15 bits per heavy atom. The third-order valence-corrected chi connectivity index (χ3v) is 6.74. The van der Waals surface area contributed by atoms with Crippen molar-refractivity contribution in [2.75, 3.05) is 43.9 Å². The first kappa shape index (κ1) is 18.2. The number of thiazole rings is 1. The molecule has 142 valence electrons. The third-order valence-electron chi connectivity index (χ3n) is 4.94. The SMILES string of the molecule is CSc1ccc2nc(N3CCN(C(=O)CN4C(=O)CCC4=O)CC3)sc2c1. The normalized spacial score (nSPS) is 18.0. The smallest absolute Gasteiger partial charge is 0.242 e. The fourth-order valence-electron chi connectivity index (χ4n) is 3.34. The van der Waals surface area contributed by atoms with Gasteiger partial charge in [0, 0.05) is 43.9 Å². The second kappa shape index (κ2) is 7.47. The van der Waals surface area contributed by atoms with Crippen LogP contribution in [0.3, 0.4) is 0 Å². The number of rotatable bonds is 4. The van der Waals surface area contributed by atoms with E-state index in [2.05, 4.69) is 23.3 Å². The Bertz CT molecular complexity index is 889. The monoisotopic (exact) mass is 404 g/mol. The second-order valence-electron chi connectivity index (χ2n) is 6.57. The average molecular weight is 405 g/mol. The third kappa shape index (κ3) is 3.66. The molecule has 2 fully saturated rings. The molecule has 0 saturated carbocycles. The van der Waals surface area contributed by atoms with Gasteiger partial charge in [-0.05, 0) is 24.5 Å². The van der Waals surface area contributed by atoms with Crippen LogP contribution in [0.4, 0.5) is 5.13 Å². The van der Waals surface area contributed by atoms with Crippen LogP contribution < -0.4 is 4.90 Å². The van der Waals surface area contributed by atoms with Gasteiger partial charge in [-0.1, -0.05) is 11.3 Å². The summed E-state index contributed by atoms with van der Waals surface area (Å²) in [6.45, 7) is 2.41. The Balaban J connectivity index is 1.38. The van der Waals surface area contributed by atoms with Crippen molar-refractivity contribution in [2.24, 2.45) is 0 Å². The number of anilines is 1. The molecular formula is C18H20N4O3S2. The number of piperazine rings is 1. The molecule has 7 nitrogen and oxygen atoms in total. The van der Waals surface area contributed by atoms with E-state index in [9.17, 15) is 14.4 Å². The summed E-state index contributed by atoms with van der Waals surface area (Å²) in [6, 6.07) is 6.28. The van der Waals surface area contributed by atoms with E-state index >= 15 is 0 Å². The number of aromatic nitrogens is 1. The average Bonchev–Trinajstić information content (AvgIpc) is 3.25. The maximum absolute atomic E-state index is 12.4. The van der Waals surface area contributed by atoms with Crippen molar-refractivity contribution in [2.45, 2.75) is 17.7 Å². The van der Waals surface area contributed by atoms with Crippen molar-refractivity contribution in [1.29, 1.82) is 0 Å². The fraction of sp³-hybridized carbons (Fsp3) is 0.444. The molecule has 0 spiro atoms. The summed E-state index contributed by atoms with van der Waals surface area (Å²) in [5.74, 6) is -0.649. The predicted octanol–water partition coefficient (Wildman–Crippen LogP) is 1.82. The van der Waals surface area contributed by atoms with Crippen LogP contribution in [0.5, 0.6) is 0 Å². The first-order chi connectivity index (χ1) is 13.0. The molecular weight excluding hydrogens is 384 g/mol. The number of nitrogens with zero attached hydrogens (tertiary/aromatic N) is 4. The summed E-state index contributed by atoms with van der Waals surface area (Å²) in [7, 11) is 0. The number of carbonyl (C=O) groups excluding carboxylic acids is 3.